The normalized spacial score (nSPS) is 13.9. The maximum absolute atomic E-state index is 13.8. The molecule has 0 unspecified atom stereocenters. The Morgan fingerprint density at radius 3 is 2.51 bits per heavy atom. The number of carbonyl (C=O) groups excluding carboxylic acids is 2. The van der Waals surface area contributed by atoms with Gasteiger partial charge in [-0.3, -0.25) is 23.5 Å². The fourth-order valence-corrected chi connectivity index (χ4v) is 4.56. The Morgan fingerprint density at radius 1 is 1.13 bits per heavy atom. The van der Waals surface area contributed by atoms with E-state index in [0.717, 1.165) is 11.0 Å². The maximum atomic E-state index is 13.8. The van der Waals surface area contributed by atoms with Gasteiger partial charge in [0, 0.05) is 26.1 Å². The minimum absolute atomic E-state index is 0.0721. The first-order valence-electron chi connectivity index (χ1n) is 12.2. The van der Waals surface area contributed by atoms with Gasteiger partial charge in [0.15, 0.2) is 11.5 Å². The number of nitrogens with one attached hydrogen (secondary N) is 1. The number of ether oxygens (including phenoxy) is 2. The van der Waals surface area contributed by atoms with Gasteiger partial charge in [0.1, 0.15) is 12.4 Å². The van der Waals surface area contributed by atoms with Crippen LogP contribution >= 0.6 is 0 Å². The number of benzene rings is 2. The Bertz CT molecular complexity index is 1480. The highest BCUT2D eigenvalue weighted by atomic mass is 19.3. The summed E-state index contributed by atoms with van der Waals surface area (Å²) in [5.41, 5.74) is 1.88. The molecular formula is C26H28F2N4O7. The molecule has 1 saturated heterocycles. The Hall–Kier alpha value is -4.42. The molecule has 11 nitrogen and oxygen atoms in total. The molecule has 2 aromatic carbocycles. The van der Waals surface area contributed by atoms with E-state index in [-0.39, 0.29) is 29.5 Å². The molecule has 0 bridgehead atoms. The average Bonchev–Trinajstić information content (AvgIpc) is 2.93. The van der Waals surface area contributed by atoms with Gasteiger partial charge in [0.2, 0.25) is 12.3 Å². The number of hydrogen-bond donors (Lipinski definition) is 1. The second-order valence-corrected chi connectivity index (χ2v) is 9.04. The molecule has 1 aliphatic rings. The maximum Gasteiger partial charge on any atom is 0.332 e. The summed E-state index contributed by atoms with van der Waals surface area (Å²) in [7, 11) is 1.42. The minimum atomic E-state index is -2.70. The fraction of sp³-hybridized carbons (Fsp3) is 0.385. The molecule has 1 N–H and O–H groups in total. The number of hydroxylamine groups is 1. The van der Waals surface area contributed by atoms with E-state index in [1.54, 1.807) is 17.0 Å². The summed E-state index contributed by atoms with van der Waals surface area (Å²) < 4.78 is 38.4. The van der Waals surface area contributed by atoms with E-state index < -0.39 is 30.2 Å². The summed E-state index contributed by atoms with van der Waals surface area (Å²) in [6.45, 7) is 1.17. The second-order valence-electron chi connectivity index (χ2n) is 9.04. The number of nitrogens with zero attached hydrogens (tertiary/aromatic N) is 3. The van der Waals surface area contributed by atoms with Gasteiger partial charge in [-0.05, 0) is 48.7 Å². The predicted molar refractivity (Wildman–Crippen MR) is 136 cm³/mol. The van der Waals surface area contributed by atoms with Crippen LogP contribution in [0.25, 0.3) is 10.9 Å². The molecule has 3 aromatic rings. The van der Waals surface area contributed by atoms with Gasteiger partial charge in [-0.1, -0.05) is 6.07 Å². The van der Waals surface area contributed by atoms with Crippen LogP contribution in [0.15, 0.2) is 46.0 Å². The molecule has 13 heteroatoms. The zero-order chi connectivity index (χ0) is 28.1. The van der Waals surface area contributed by atoms with Crippen LogP contribution in [0.5, 0.6) is 17.2 Å². The van der Waals surface area contributed by atoms with Crippen molar-refractivity contribution in [2.24, 2.45) is 0 Å². The summed E-state index contributed by atoms with van der Waals surface area (Å²) in [5, 5.41) is 0.127. The number of fused-ring (bicyclic) bond motifs is 1. The third-order valence-electron chi connectivity index (χ3n) is 6.40. The highest BCUT2D eigenvalue weighted by Gasteiger charge is 2.25. The largest absolute Gasteiger partial charge is 0.493 e. The van der Waals surface area contributed by atoms with Gasteiger partial charge in [0.25, 0.3) is 12.0 Å². The number of amides is 2. The molecule has 39 heavy (non-hydrogen) atoms. The monoisotopic (exact) mass is 546 g/mol. The molecule has 4 rings (SSSR count). The lowest BCUT2D eigenvalue weighted by Crippen LogP contribution is -2.44. The summed E-state index contributed by atoms with van der Waals surface area (Å²) >= 11 is 0. The Morgan fingerprint density at radius 2 is 1.87 bits per heavy atom. The number of rotatable bonds is 10. The van der Waals surface area contributed by atoms with Crippen molar-refractivity contribution in [1.29, 1.82) is 0 Å². The topological polar surface area (TPSA) is 121 Å². The number of likely N-dealkylation sites (tertiary alicyclic amines) is 1. The molecule has 1 aromatic heterocycles. The Balaban J connectivity index is 1.81. The van der Waals surface area contributed by atoms with E-state index in [4.69, 9.17) is 14.3 Å². The fourth-order valence-electron chi connectivity index (χ4n) is 4.56. The van der Waals surface area contributed by atoms with Crippen LogP contribution < -0.4 is 31.0 Å². The van der Waals surface area contributed by atoms with Gasteiger partial charge >= 0.3 is 5.69 Å². The van der Waals surface area contributed by atoms with Crippen molar-refractivity contribution in [3.05, 3.63) is 62.8 Å². The van der Waals surface area contributed by atoms with E-state index in [2.05, 4.69) is 5.48 Å². The van der Waals surface area contributed by atoms with E-state index in [1.807, 2.05) is 0 Å². The molecule has 1 fully saturated rings. The van der Waals surface area contributed by atoms with E-state index >= 15 is 0 Å². The number of carbonyl (C=O) groups is 2. The molecule has 0 saturated carbocycles. The first-order chi connectivity index (χ1) is 18.7. The number of halogens is 2. The first kappa shape index (κ1) is 27.6. The highest BCUT2D eigenvalue weighted by molar-refractivity contribution is 5.80. The molecule has 1 aliphatic heterocycles. The zero-order valence-corrected chi connectivity index (χ0v) is 21.4. The Labute approximate surface area is 221 Å². The summed E-state index contributed by atoms with van der Waals surface area (Å²) in [6.07, 6.45) is -0.951. The first-order valence-corrected chi connectivity index (χ1v) is 12.2. The van der Waals surface area contributed by atoms with E-state index in [0.29, 0.717) is 42.8 Å². The third-order valence-corrected chi connectivity index (χ3v) is 6.40. The smallest absolute Gasteiger partial charge is 0.332 e. The van der Waals surface area contributed by atoms with Crippen molar-refractivity contribution in [3.63, 3.8) is 0 Å². The molecule has 0 aliphatic carbocycles. The number of methoxy groups -OCH3 is 1. The van der Waals surface area contributed by atoms with Crippen LogP contribution in [0.2, 0.25) is 0 Å². The average molecular weight is 547 g/mol. The number of aromatic nitrogens is 2. The van der Waals surface area contributed by atoms with E-state index in [1.165, 1.54) is 42.9 Å². The van der Waals surface area contributed by atoms with Crippen LogP contribution in [-0.2, 0) is 16.1 Å². The SMILES string of the molecule is COc1ccc(Cn2c(=O)c3cc(OCC(F)F)ccc3n(C3CCN(C=O)CC3)c2=O)cc1ONC(C)=O. The molecular weight excluding hydrogens is 518 g/mol. The second kappa shape index (κ2) is 12.0. The van der Waals surface area contributed by atoms with Crippen LogP contribution in [0.1, 0.15) is 31.4 Å². The van der Waals surface area contributed by atoms with Gasteiger partial charge in [-0.15, -0.1) is 0 Å². The zero-order valence-electron chi connectivity index (χ0n) is 21.4. The lowest BCUT2D eigenvalue weighted by molar-refractivity contribution is -0.125. The molecule has 0 radical (unpaired) electrons. The summed E-state index contributed by atoms with van der Waals surface area (Å²) in [5.74, 6) is 0.117. The predicted octanol–water partition coefficient (Wildman–Crippen LogP) is 2.09. The molecule has 208 valence electrons. The van der Waals surface area contributed by atoms with Gasteiger partial charge < -0.3 is 19.2 Å². The van der Waals surface area contributed by atoms with Crippen molar-refractivity contribution in [1.82, 2.24) is 19.5 Å². The van der Waals surface area contributed by atoms with Crippen molar-refractivity contribution >= 4 is 23.2 Å². The summed E-state index contributed by atoms with van der Waals surface area (Å²) in [4.78, 5) is 56.8. The third kappa shape index (κ3) is 6.19. The van der Waals surface area contributed by atoms with Crippen molar-refractivity contribution in [3.8, 4) is 17.2 Å². The standard InChI is InChI=1S/C26H28F2N4O7/c1-16(34)29-39-23-11-17(3-6-22(23)37-2)13-31-25(35)20-12-19(38-14-24(27)28)4-5-21(20)32(26(31)36)18-7-9-30(15-33)10-8-18/h3-6,11-12,15,18,24H,7-10,13-14H2,1-2H3,(H,29,34). The van der Waals surface area contributed by atoms with Crippen molar-refractivity contribution < 1.29 is 32.7 Å². The lowest BCUT2D eigenvalue weighted by Gasteiger charge is -2.31. The van der Waals surface area contributed by atoms with Gasteiger partial charge in [0.05, 0.1) is 24.6 Å². The molecule has 2 amide bonds. The van der Waals surface area contributed by atoms with Crippen LogP contribution in [0.4, 0.5) is 8.78 Å². The number of piperidine rings is 1. The molecule has 0 atom stereocenters. The van der Waals surface area contributed by atoms with Gasteiger partial charge in [-0.25, -0.2) is 13.6 Å². The highest BCUT2D eigenvalue weighted by Crippen LogP contribution is 2.29. The minimum Gasteiger partial charge on any atom is -0.493 e. The summed E-state index contributed by atoms with van der Waals surface area (Å²) in [6, 6.07) is 8.76. The van der Waals surface area contributed by atoms with Crippen LogP contribution in [0, 0.1) is 0 Å². The van der Waals surface area contributed by atoms with Crippen LogP contribution in [0.3, 0.4) is 0 Å². The van der Waals surface area contributed by atoms with E-state index in [9.17, 15) is 28.0 Å². The Kier molecular flexibility index (Phi) is 8.47. The number of hydrogen-bond acceptors (Lipinski definition) is 7. The van der Waals surface area contributed by atoms with Crippen molar-refractivity contribution in [2.45, 2.75) is 38.8 Å². The lowest BCUT2D eigenvalue weighted by atomic mass is 10.0. The van der Waals surface area contributed by atoms with Crippen molar-refractivity contribution in [2.75, 3.05) is 26.8 Å². The quantitative estimate of drug-likeness (QED) is 0.305. The molecule has 0 spiro atoms. The van der Waals surface area contributed by atoms with Gasteiger partial charge in [-0.2, -0.15) is 5.48 Å². The van der Waals surface area contributed by atoms with Crippen LogP contribution in [-0.4, -0.2) is 59.6 Å². The number of alkyl halides is 2. The molecule has 2 heterocycles.